The summed E-state index contributed by atoms with van der Waals surface area (Å²) < 4.78 is 12.2. The molecular formula is C19H17N3O5. The van der Waals surface area contributed by atoms with E-state index < -0.39 is 10.9 Å². The quantitative estimate of drug-likeness (QED) is 0.360. The molecule has 0 bridgehead atoms. The monoisotopic (exact) mass is 367 g/mol. The molecule has 138 valence electrons. The second-order valence-electron chi connectivity index (χ2n) is 5.57. The van der Waals surface area contributed by atoms with Crippen molar-refractivity contribution >= 4 is 11.7 Å². The lowest BCUT2D eigenvalue weighted by molar-refractivity contribution is -0.385. The smallest absolute Gasteiger partial charge is 0.338 e. The van der Waals surface area contributed by atoms with E-state index in [0.29, 0.717) is 6.61 Å². The number of carbonyl (C=O) groups is 1. The van der Waals surface area contributed by atoms with Crippen molar-refractivity contribution in [1.82, 2.24) is 9.78 Å². The second kappa shape index (κ2) is 8.13. The van der Waals surface area contributed by atoms with Gasteiger partial charge >= 0.3 is 11.7 Å². The van der Waals surface area contributed by atoms with E-state index in [4.69, 9.17) is 9.47 Å². The summed E-state index contributed by atoms with van der Waals surface area (Å²) in [5.41, 5.74) is 1.50. The van der Waals surface area contributed by atoms with Crippen LogP contribution in [0.4, 0.5) is 5.69 Å². The second-order valence-corrected chi connectivity index (χ2v) is 5.57. The lowest BCUT2D eigenvalue weighted by Crippen LogP contribution is -2.07. The molecule has 2 aromatic carbocycles. The Labute approximate surface area is 155 Å². The van der Waals surface area contributed by atoms with Gasteiger partial charge in [-0.15, -0.1) is 0 Å². The first-order valence-electron chi connectivity index (χ1n) is 8.26. The molecule has 0 spiro atoms. The van der Waals surface area contributed by atoms with Crippen molar-refractivity contribution in [2.75, 3.05) is 6.61 Å². The number of nitro benzene ring substituents is 1. The third kappa shape index (κ3) is 4.30. The fourth-order valence-electron chi connectivity index (χ4n) is 2.46. The zero-order valence-electron chi connectivity index (χ0n) is 14.6. The molecule has 3 rings (SSSR count). The average molecular weight is 367 g/mol. The molecule has 0 amide bonds. The number of carbonyl (C=O) groups excluding carboxylic acids is 1. The molecule has 0 fully saturated rings. The molecule has 0 aliphatic carbocycles. The summed E-state index contributed by atoms with van der Waals surface area (Å²) >= 11 is 0. The number of hydrogen-bond donors (Lipinski definition) is 0. The van der Waals surface area contributed by atoms with Crippen molar-refractivity contribution in [3.8, 4) is 11.4 Å². The maximum Gasteiger partial charge on any atom is 0.338 e. The Balaban J connectivity index is 1.67. The van der Waals surface area contributed by atoms with Gasteiger partial charge in [0.15, 0.2) is 5.75 Å². The number of aromatic nitrogens is 2. The number of rotatable bonds is 7. The van der Waals surface area contributed by atoms with E-state index in [1.807, 2.05) is 36.5 Å². The van der Waals surface area contributed by atoms with Gasteiger partial charge in [-0.05, 0) is 42.8 Å². The summed E-state index contributed by atoms with van der Waals surface area (Å²) in [4.78, 5) is 22.8. The Morgan fingerprint density at radius 3 is 2.63 bits per heavy atom. The first-order valence-corrected chi connectivity index (χ1v) is 8.26. The van der Waals surface area contributed by atoms with Crippen molar-refractivity contribution in [2.24, 2.45) is 0 Å². The molecule has 3 aromatic rings. The fourth-order valence-corrected chi connectivity index (χ4v) is 2.46. The SMILES string of the molecule is CCOc1ccc(C(=O)OCc2ccc(-n3cccn3)cc2)cc1[N+](=O)[O-]. The number of ether oxygens (including phenoxy) is 2. The van der Waals surface area contributed by atoms with Crippen molar-refractivity contribution < 1.29 is 19.2 Å². The van der Waals surface area contributed by atoms with E-state index in [-0.39, 0.29) is 23.6 Å². The highest BCUT2D eigenvalue weighted by molar-refractivity contribution is 5.90. The summed E-state index contributed by atoms with van der Waals surface area (Å²) in [6, 6.07) is 13.2. The Morgan fingerprint density at radius 1 is 1.22 bits per heavy atom. The van der Waals surface area contributed by atoms with Crippen LogP contribution < -0.4 is 4.74 Å². The molecule has 1 heterocycles. The van der Waals surface area contributed by atoms with Gasteiger partial charge in [0.1, 0.15) is 6.61 Å². The number of nitro groups is 1. The van der Waals surface area contributed by atoms with E-state index in [1.165, 1.54) is 12.1 Å². The van der Waals surface area contributed by atoms with Gasteiger partial charge in [0.25, 0.3) is 0 Å². The van der Waals surface area contributed by atoms with Crippen molar-refractivity contribution in [3.05, 3.63) is 82.2 Å². The van der Waals surface area contributed by atoms with Gasteiger partial charge < -0.3 is 9.47 Å². The molecule has 0 saturated heterocycles. The molecule has 0 aliphatic heterocycles. The lowest BCUT2D eigenvalue weighted by Gasteiger charge is -2.08. The molecule has 1 aromatic heterocycles. The van der Waals surface area contributed by atoms with Gasteiger partial charge in [0.2, 0.25) is 0 Å². The Hall–Kier alpha value is -3.68. The van der Waals surface area contributed by atoms with Gasteiger partial charge in [0, 0.05) is 18.5 Å². The molecular weight excluding hydrogens is 350 g/mol. The highest BCUT2D eigenvalue weighted by Gasteiger charge is 2.19. The molecule has 27 heavy (non-hydrogen) atoms. The van der Waals surface area contributed by atoms with Crippen LogP contribution in [0.1, 0.15) is 22.8 Å². The van der Waals surface area contributed by atoms with Crippen LogP contribution in [0.2, 0.25) is 0 Å². The van der Waals surface area contributed by atoms with E-state index in [9.17, 15) is 14.9 Å². The lowest BCUT2D eigenvalue weighted by atomic mass is 10.2. The molecule has 0 radical (unpaired) electrons. The van der Waals surface area contributed by atoms with Gasteiger partial charge in [0.05, 0.1) is 22.8 Å². The summed E-state index contributed by atoms with van der Waals surface area (Å²) in [5.74, 6) is -0.523. The summed E-state index contributed by atoms with van der Waals surface area (Å²) in [7, 11) is 0. The van der Waals surface area contributed by atoms with Gasteiger partial charge in [-0.2, -0.15) is 5.10 Å². The highest BCUT2D eigenvalue weighted by atomic mass is 16.6. The zero-order chi connectivity index (χ0) is 19.2. The van der Waals surface area contributed by atoms with Crippen molar-refractivity contribution in [3.63, 3.8) is 0 Å². The van der Waals surface area contributed by atoms with Crippen LogP contribution in [0.5, 0.6) is 5.75 Å². The van der Waals surface area contributed by atoms with E-state index >= 15 is 0 Å². The molecule has 8 nitrogen and oxygen atoms in total. The average Bonchev–Trinajstić information content (AvgIpc) is 3.21. The highest BCUT2D eigenvalue weighted by Crippen LogP contribution is 2.28. The van der Waals surface area contributed by atoms with E-state index in [2.05, 4.69) is 5.10 Å². The normalized spacial score (nSPS) is 10.4. The number of nitrogens with zero attached hydrogens (tertiary/aromatic N) is 3. The Bertz CT molecular complexity index is 936. The molecule has 8 heteroatoms. The molecule has 0 saturated carbocycles. The maximum atomic E-state index is 12.2. The predicted octanol–water partition coefficient (Wildman–Crippen LogP) is 3.54. The van der Waals surface area contributed by atoms with Crippen LogP contribution in [-0.2, 0) is 11.3 Å². The minimum atomic E-state index is -0.641. The largest absolute Gasteiger partial charge is 0.487 e. The van der Waals surface area contributed by atoms with Crippen LogP contribution in [0.25, 0.3) is 5.69 Å². The first-order chi connectivity index (χ1) is 13.1. The van der Waals surface area contributed by atoms with Gasteiger partial charge in [-0.1, -0.05) is 12.1 Å². The first kappa shape index (κ1) is 18.1. The van der Waals surface area contributed by atoms with Crippen LogP contribution in [-0.4, -0.2) is 27.3 Å². The fraction of sp³-hybridized carbons (Fsp3) is 0.158. The third-order valence-corrected chi connectivity index (χ3v) is 3.77. The summed E-state index contributed by atoms with van der Waals surface area (Å²) in [5, 5.41) is 15.3. The topological polar surface area (TPSA) is 96.5 Å². The number of benzene rings is 2. The molecule has 0 atom stereocenters. The molecule has 0 unspecified atom stereocenters. The Kier molecular flexibility index (Phi) is 5.46. The van der Waals surface area contributed by atoms with E-state index in [1.54, 1.807) is 17.8 Å². The third-order valence-electron chi connectivity index (χ3n) is 3.77. The maximum absolute atomic E-state index is 12.2. The van der Waals surface area contributed by atoms with Crippen LogP contribution in [0.3, 0.4) is 0 Å². The Morgan fingerprint density at radius 2 is 2.00 bits per heavy atom. The van der Waals surface area contributed by atoms with Crippen molar-refractivity contribution in [2.45, 2.75) is 13.5 Å². The standard InChI is InChI=1S/C19H17N3O5/c1-2-26-18-9-6-15(12-17(18)22(24)25)19(23)27-13-14-4-7-16(8-5-14)21-11-3-10-20-21/h3-12H,2,13H2,1H3. The van der Waals surface area contributed by atoms with Crippen LogP contribution in [0.15, 0.2) is 60.9 Å². The number of esters is 1. The molecule has 0 aliphatic rings. The van der Waals surface area contributed by atoms with Crippen LogP contribution >= 0.6 is 0 Å². The summed E-state index contributed by atoms with van der Waals surface area (Å²) in [6.07, 6.45) is 3.51. The zero-order valence-corrected chi connectivity index (χ0v) is 14.6. The van der Waals surface area contributed by atoms with Crippen LogP contribution in [0, 0.1) is 10.1 Å². The van der Waals surface area contributed by atoms with E-state index in [0.717, 1.165) is 17.3 Å². The predicted molar refractivity (Wildman–Crippen MR) is 96.9 cm³/mol. The van der Waals surface area contributed by atoms with Gasteiger partial charge in [-0.3, -0.25) is 10.1 Å². The minimum Gasteiger partial charge on any atom is -0.487 e. The van der Waals surface area contributed by atoms with Crippen molar-refractivity contribution in [1.29, 1.82) is 0 Å². The summed E-state index contributed by atoms with van der Waals surface area (Å²) in [6.45, 7) is 2.07. The van der Waals surface area contributed by atoms with Gasteiger partial charge in [-0.25, -0.2) is 9.48 Å². The molecule has 0 N–H and O–H groups in total. The minimum absolute atomic E-state index is 0.0548. The number of hydrogen-bond acceptors (Lipinski definition) is 6.